The van der Waals surface area contributed by atoms with Gasteiger partial charge in [-0.1, -0.05) is 23.7 Å². The number of fused-ring (bicyclic) bond motifs is 1. The van der Waals surface area contributed by atoms with Crippen molar-refractivity contribution in [3.63, 3.8) is 0 Å². The lowest BCUT2D eigenvalue weighted by atomic mass is 9.96. The molecule has 0 N–H and O–H groups in total. The van der Waals surface area contributed by atoms with E-state index in [-0.39, 0.29) is 5.78 Å². The summed E-state index contributed by atoms with van der Waals surface area (Å²) in [6.07, 6.45) is 3.81. The summed E-state index contributed by atoms with van der Waals surface area (Å²) in [6.45, 7) is 0. The molecule has 0 spiro atoms. The van der Waals surface area contributed by atoms with Crippen molar-refractivity contribution in [2.75, 3.05) is 0 Å². The zero-order chi connectivity index (χ0) is 13.2. The number of hydrogen-bond donors (Lipinski definition) is 0. The highest BCUT2D eigenvalue weighted by Crippen LogP contribution is 2.26. The molecule has 0 unspecified atom stereocenters. The van der Waals surface area contributed by atoms with Gasteiger partial charge in [0, 0.05) is 12.5 Å². The molecule has 1 aromatic heterocycles. The van der Waals surface area contributed by atoms with Crippen LogP contribution in [0.5, 0.6) is 11.6 Å². The quantitative estimate of drug-likeness (QED) is 0.843. The van der Waals surface area contributed by atoms with E-state index in [2.05, 4.69) is 10.2 Å². The van der Waals surface area contributed by atoms with Gasteiger partial charge in [0.05, 0.1) is 0 Å². The molecule has 1 heterocycles. The molecule has 0 bridgehead atoms. The molecule has 2 aromatic rings. The summed E-state index contributed by atoms with van der Waals surface area (Å²) < 4.78 is 5.58. The number of hydrogen-bond acceptors (Lipinski definition) is 4. The number of rotatable bonds is 2. The van der Waals surface area contributed by atoms with Crippen LogP contribution in [0, 0.1) is 0 Å². The van der Waals surface area contributed by atoms with Crippen LogP contribution in [0.2, 0.25) is 5.15 Å². The summed E-state index contributed by atoms with van der Waals surface area (Å²) in [5.74, 6) is 1.14. The fraction of sp³-hybridized carbons (Fsp3) is 0.0714. The molecule has 4 nitrogen and oxygen atoms in total. The fourth-order valence-corrected chi connectivity index (χ4v) is 1.96. The lowest BCUT2D eigenvalue weighted by Crippen LogP contribution is -2.05. The van der Waals surface area contributed by atoms with Gasteiger partial charge in [-0.25, -0.2) is 0 Å². The van der Waals surface area contributed by atoms with Gasteiger partial charge in [0.25, 0.3) is 0 Å². The molecular formula is C14H9ClN2O2. The first-order valence-electron chi connectivity index (χ1n) is 5.72. The van der Waals surface area contributed by atoms with Crippen molar-refractivity contribution in [3.05, 3.63) is 52.7 Å². The number of nitrogens with zero attached hydrogens (tertiary/aromatic N) is 2. The van der Waals surface area contributed by atoms with Gasteiger partial charge in [-0.05, 0) is 35.4 Å². The predicted molar refractivity (Wildman–Crippen MR) is 71.3 cm³/mol. The van der Waals surface area contributed by atoms with Gasteiger partial charge in [-0.15, -0.1) is 10.2 Å². The number of ether oxygens (including phenoxy) is 1. The number of aromatic nitrogens is 2. The number of carbonyl (C=O) groups is 1. The van der Waals surface area contributed by atoms with Gasteiger partial charge in [-0.2, -0.15) is 0 Å². The van der Waals surface area contributed by atoms with E-state index in [4.69, 9.17) is 16.3 Å². The zero-order valence-electron chi connectivity index (χ0n) is 9.84. The average Bonchev–Trinajstić information content (AvgIpc) is 2.42. The highest BCUT2D eigenvalue weighted by atomic mass is 35.5. The van der Waals surface area contributed by atoms with Crippen LogP contribution in [0.4, 0.5) is 0 Å². The highest BCUT2D eigenvalue weighted by molar-refractivity contribution is 6.29. The molecule has 0 amide bonds. The summed E-state index contributed by atoms with van der Waals surface area (Å²) in [5, 5.41) is 7.84. The van der Waals surface area contributed by atoms with Crippen LogP contribution in [-0.2, 0) is 11.2 Å². The highest BCUT2D eigenvalue weighted by Gasteiger charge is 2.11. The van der Waals surface area contributed by atoms with Gasteiger partial charge in [0.1, 0.15) is 5.75 Å². The van der Waals surface area contributed by atoms with Crippen molar-refractivity contribution >= 4 is 23.5 Å². The van der Waals surface area contributed by atoms with E-state index in [0.717, 1.165) is 11.1 Å². The van der Waals surface area contributed by atoms with E-state index >= 15 is 0 Å². The van der Waals surface area contributed by atoms with E-state index in [1.165, 1.54) is 0 Å². The van der Waals surface area contributed by atoms with Gasteiger partial charge in [0.2, 0.25) is 5.88 Å². The van der Waals surface area contributed by atoms with Crippen molar-refractivity contribution in [1.29, 1.82) is 0 Å². The Morgan fingerprint density at radius 2 is 2.00 bits per heavy atom. The Morgan fingerprint density at radius 3 is 2.79 bits per heavy atom. The van der Waals surface area contributed by atoms with Gasteiger partial charge >= 0.3 is 0 Å². The first kappa shape index (κ1) is 11.9. The van der Waals surface area contributed by atoms with E-state index in [1.54, 1.807) is 24.3 Å². The zero-order valence-corrected chi connectivity index (χ0v) is 10.6. The maximum Gasteiger partial charge on any atom is 0.238 e. The molecule has 0 aliphatic heterocycles. The SMILES string of the molecule is O=C1C=Cc2cc(Oc3ccc(Cl)nn3)ccc2C1. The van der Waals surface area contributed by atoms with Crippen molar-refractivity contribution in [2.24, 2.45) is 0 Å². The Hall–Kier alpha value is -2.20. The number of ketones is 1. The number of allylic oxidation sites excluding steroid dienone is 1. The van der Waals surface area contributed by atoms with Crippen LogP contribution in [0.3, 0.4) is 0 Å². The molecular weight excluding hydrogens is 264 g/mol. The molecule has 0 saturated heterocycles. The van der Waals surface area contributed by atoms with Crippen molar-refractivity contribution in [2.45, 2.75) is 6.42 Å². The molecule has 94 valence electrons. The van der Waals surface area contributed by atoms with E-state index in [9.17, 15) is 4.79 Å². The maximum atomic E-state index is 11.3. The molecule has 3 rings (SSSR count). The number of carbonyl (C=O) groups excluding carboxylic acids is 1. The molecule has 0 radical (unpaired) electrons. The maximum absolute atomic E-state index is 11.3. The normalized spacial score (nSPS) is 13.2. The molecule has 1 aliphatic carbocycles. The smallest absolute Gasteiger partial charge is 0.238 e. The Morgan fingerprint density at radius 1 is 1.11 bits per heavy atom. The van der Waals surface area contributed by atoms with Crippen LogP contribution in [0.15, 0.2) is 36.4 Å². The standard InChI is InChI=1S/C14H9ClN2O2/c15-13-5-6-14(17-16-13)19-12-4-2-9-7-11(18)3-1-10(9)8-12/h1-6,8H,7H2. The van der Waals surface area contributed by atoms with Crippen LogP contribution in [-0.4, -0.2) is 16.0 Å². The van der Waals surface area contributed by atoms with E-state index < -0.39 is 0 Å². The van der Waals surface area contributed by atoms with Gasteiger partial charge < -0.3 is 4.74 Å². The Bertz CT molecular complexity index is 666. The third kappa shape index (κ3) is 2.63. The lowest BCUT2D eigenvalue weighted by molar-refractivity contribution is -0.114. The second-order valence-corrected chi connectivity index (χ2v) is 4.52. The topological polar surface area (TPSA) is 52.1 Å². The Labute approximate surface area is 114 Å². The largest absolute Gasteiger partial charge is 0.438 e. The van der Waals surface area contributed by atoms with Crippen LogP contribution in [0.1, 0.15) is 11.1 Å². The predicted octanol–water partition coefficient (Wildman–Crippen LogP) is 3.06. The third-order valence-corrected chi connectivity index (χ3v) is 2.96. The van der Waals surface area contributed by atoms with E-state index in [0.29, 0.717) is 23.2 Å². The Balaban J connectivity index is 1.86. The first-order chi connectivity index (χ1) is 9.20. The molecule has 1 aliphatic rings. The van der Waals surface area contributed by atoms with E-state index in [1.807, 2.05) is 18.2 Å². The molecule has 0 atom stereocenters. The summed E-state index contributed by atoms with van der Waals surface area (Å²) in [5.41, 5.74) is 1.99. The minimum atomic E-state index is 0.115. The number of halogens is 1. The molecule has 0 saturated carbocycles. The van der Waals surface area contributed by atoms with Crippen LogP contribution < -0.4 is 4.74 Å². The minimum Gasteiger partial charge on any atom is -0.438 e. The first-order valence-corrected chi connectivity index (χ1v) is 6.09. The minimum absolute atomic E-state index is 0.115. The van der Waals surface area contributed by atoms with Crippen LogP contribution >= 0.6 is 11.6 Å². The van der Waals surface area contributed by atoms with Gasteiger partial charge in [0.15, 0.2) is 10.9 Å². The second kappa shape index (κ2) is 4.82. The molecule has 0 fully saturated rings. The number of benzene rings is 1. The molecule has 5 heteroatoms. The van der Waals surface area contributed by atoms with Gasteiger partial charge in [-0.3, -0.25) is 4.79 Å². The monoisotopic (exact) mass is 272 g/mol. The lowest BCUT2D eigenvalue weighted by Gasteiger charge is -2.11. The summed E-state index contributed by atoms with van der Waals surface area (Å²) in [7, 11) is 0. The molecule has 19 heavy (non-hydrogen) atoms. The van der Waals surface area contributed by atoms with Crippen LogP contribution in [0.25, 0.3) is 6.08 Å². The van der Waals surface area contributed by atoms with Crippen molar-refractivity contribution in [3.8, 4) is 11.6 Å². The summed E-state index contributed by atoms with van der Waals surface area (Å²) in [6, 6.07) is 8.82. The van der Waals surface area contributed by atoms with Crippen molar-refractivity contribution in [1.82, 2.24) is 10.2 Å². The average molecular weight is 273 g/mol. The second-order valence-electron chi connectivity index (χ2n) is 4.13. The summed E-state index contributed by atoms with van der Waals surface area (Å²) >= 11 is 5.65. The Kier molecular flexibility index (Phi) is 3.01. The summed E-state index contributed by atoms with van der Waals surface area (Å²) in [4.78, 5) is 11.3. The third-order valence-electron chi connectivity index (χ3n) is 2.76. The fourth-order valence-electron chi connectivity index (χ4n) is 1.86. The van der Waals surface area contributed by atoms with Crippen molar-refractivity contribution < 1.29 is 9.53 Å². The molecule has 1 aromatic carbocycles.